The number of hydrogen-bond acceptors (Lipinski definition) is 6. The number of pyridine rings is 1. The van der Waals surface area contributed by atoms with E-state index in [2.05, 4.69) is 36.9 Å². The Labute approximate surface area is 219 Å². The second-order valence-electron chi connectivity index (χ2n) is 9.04. The van der Waals surface area contributed by atoms with Gasteiger partial charge >= 0.3 is 0 Å². The van der Waals surface area contributed by atoms with Gasteiger partial charge in [0.15, 0.2) is 0 Å². The van der Waals surface area contributed by atoms with E-state index in [4.69, 9.17) is 4.74 Å². The van der Waals surface area contributed by atoms with E-state index in [1.165, 1.54) is 12.1 Å². The first-order chi connectivity index (χ1) is 18.5. The molecule has 38 heavy (non-hydrogen) atoms. The molecule has 2 aromatic carbocycles. The lowest BCUT2D eigenvalue weighted by Gasteiger charge is -2.12. The number of nitrogens with zero attached hydrogens (tertiary/aromatic N) is 5. The number of aromatic amines is 2. The number of nitrogens with one attached hydrogen (secondary N) is 2. The molecule has 0 aliphatic rings. The number of ether oxygens (including phenoxy) is 1. The van der Waals surface area contributed by atoms with E-state index in [9.17, 15) is 4.39 Å². The summed E-state index contributed by atoms with van der Waals surface area (Å²) in [5.41, 5.74) is 6.13. The summed E-state index contributed by atoms with van der Waals surface area (Å²) in [5.74, 6) is 0.0872. The molecule has 0 amide bonds. The topological polar surface area (TPSA) is 94.5 Å². The number of rotatable bonds is 9. The molecule has 3 aromatic heterocycles. The van der Waals surface area contributed by atoms with Crippen LogP contribution in [0.5, 0.6) is 5.75 Å². The van der Waals surface area contributed by atoms with Crippen molar-refractivity contribution in [3.63, 3.8) is 0 Å². The zero-order chi connectivity index (χ0) is 26.6. The van der Waals surface area contributed by atoms with Gasteiger partial charge in [0.05, 0.1) is 28.8 Å². The molecule has 5 rings (SSSR count). The van der Waals surface area contributed by atoms with Gasteiger partial charge < -0.3 is 14.6 Å². The summed E-state index contributed by atoms with van der Waals surface area (Å²) in [6.07, 6.45) is 5.07. The van der Waals surface area contributed by atoms with Gasteiger partial charge in [-0.2, -0.15) is 5.10 Å². The Bertz CT molecular complexity index is 1680. The molecule has 0 atom stereocenters. The third-order valence-electron chi connectivity index (χ3n) is 6.13. The van der Waals surface area contributed by atoms with E-state index in [1.54, 1.807) is 18.6 Å². The molecule has 0 spiro atoms. The van der Waals surface area contributed by atoms with Crippen molar-refractivity contribution in [2.24, 2.45) is 9.98 Å². The molecule has 192 valence electrons. The fraction of sp³-hybridized carbons (Fsp3) is 0.172. The van der Waals surface area contributed by atoms with Crippen molar-refractivity contribution in [1.82, 2.24) is 25.1 Å². The fourth-order valence-electron chi connectivity index (χ4n) is 4.27. The first kappa shape index (κ1) is 25.0. The first-order valence-corrected chi connectivity index (χ1v) is 12.2. The van der Waals surface area contributed by atoms with Crippen molar-refractivity contribution < 1.29 is 9.13 Å². The predicted octanol–water partition coefficient (Wildman–Crippen LogP) is 5.94. The normalized spacial score (nSPS) is 12.3. The van der Waals surface area contributed by atoms with Gasteiger partial charge in [0, 0.05) is 52.4 Å². The molecule has 9 heteroatoms. The van der Waals surface area contributed by atoms with Gasteiger partial charge in [0.2, 0.25) is 0 Å². The van der Waals surface area contributed by atoms with Gasteiger partial charge in [-0.3, -0.25) is 20.1 Å². The van der Waals surface area contributed by atoms with E-state index in [-0.39, 0.29) is 5.82 Å². The van der Waals surface area contributed by atoms with Crippen LogP contribution in [0.2, 0.25) is 0 Å². The van der Waals surface area contributed by atoms with Crippen LogP contribution in [0.4, 0.5) is 4.39 Å². The molecule has 0 radical (unpaired) electrons. The summed E-state index contributed by atoms with van der Waals surface area (Å²) in [6, 6.07) is 14.5. The zero-order valence-corrected chi connectivity index (χ0v) is 21.5. The molecule has 5 aromatic rings. The van der Waals surface area contributed by atoms with Crippen LogP contribution < -0.4 is 4.74 Å². The molecular weight excluding hydrogens is 481 g/mol. The Hall–Kier alpha value is -4.63. The molecule has 0 saturated heterocycles. The van der Waals surface area contributed by atoms with Crippen molar-refractivity contribution in [1.29, 1.82) is 0 Å². The van der Waals surface area contributed by atoms with Gasteiger partial charge in [-0.15, -0.1) is 0 Å². The highest BCUT2D eigenvalue weighted by molar-refractivity contribution is 6.00. The number of aromatic nitrogens is 4. The minimum Gasteiger partial charge on any atom is -0.492 e. The van der Waals surface area contributed by atoms with Gasteiger partial charge in [0.1, 0.15) is 23.9 Å². The number of likely N-dealkylation sites (N-methyl/N-ethyl adjacent to an activating group) is 1. The van der Waals surface area contributed by atoms with E-state index in [1.807, 2.05) is 62.3 Å². The first-order valence-electron chi connectivity index (χ1n) is 12.2. The highest BCUT2D eigenvalue weighted by Crippen LogP contribution is 2.35. The van der Waals surface area contributed by atoms with E-state index in [0.29, 0.717) is 29.3 Å². The average Bonchev–Trinajstić information content (AvgIpc) is 3.52. The SMILES string of the molecule is C=N/C(=C\N=CC)c1ccc2[nH]nc(-c3cc4c(-c5cc(F)cc(OCCN(C)C)c5)nccc4[nH]3)c2c1. The minimum atomic E-state index is -0.380. The monoisotopic (exact) mass is 509 g/mol. The second kappa shape index (κ2) is 10.8. The van der Waals surface area contributed by atoms with Gasteiger partial charge in [0.25, 0.3) is 0 Å². The van der Waals surface area contributed by atoms with Crippen LogP contribution in [0.1, 0.15) is 12.5 Å². The average molecular weight is 510 g/mol. The number of H-pyrrole nitrogens is 2. The smallest absolute Gasteiger partial charge is 0.127 e. The van der Waals surface area contributed by atoms with E-state index >= 15 is 0 Å². The molecule has 0 aliphatic heterocycles. The van der Waals surface area contributed by atoms with Gasteiger partial charge in [-0.05, 0) is 64.1 Å². The number of benzene rings is 2. The number of halogens is 1. The third kappa shape index (κ3) is 5.09. The number of aliphatic imine (C=N–C) groups is 2. The van der Waals surface area contributed by atoms with Crippen LogP contribution >= 0.6 is 0 Å². The highest BCUT2D eigenvalue weighted by Gasteiger charge is 2.16. The molecule has 3 heterocycles. The predicted molar refractivity (Wildman–Crippen MR) is 152 cm³/mol. The van der Waals surface area contributed by atoms with Crippen molar-refractivity contribution in [3.8, 4) is 28.4 Å². The Morgan fingerprint density at radius 1 is 1.08 bits per heavy atom. The van der Waals surface area contributed by atoms with Crippen LogP contribution in [0.3, 0.4) is 0 Å². The third-order valence-corrected chi connectivity index (χ3v) is 6.13. The largest absolute Gasteiger partial charge is 0.492 e. The second-order valence-corrected chi connectivity index (χ2v) is 9.04. The summed E-state index contributed by atoms with van der Waals surface area (Å²) < 4.78 is 20.3. The van der Waals surface area contributed by atoms with Gasteiger partial charge in [-0.1, -0.05) is 6.07 Å². The summed E-state index contributed by atoms with van der Waals surface area (Å²) in [7, 11) is 3.93. The maximum absolute atomic E-state index is 14.5. The zero-order valence-electron chi connectivity index (χ0n) is 21.5. The molecule has 2 N–H and O–H groups in total. The minimum absolute atomic E-state index is 0.380. The Morgan fingerprint density at radius 3 is 2.71 bits per heavy atom. The van der Waals surface area contributed by atoms with Crippen molar-refractivity contribution in [3.05, 3.63) is 72.3 Å². The Kier molecular flexibility index (Phi) is 7.10. The van der Waals surface area contributed by atoms with Crippen molar-refractivity contribution in [2.45, 2.75) is 6.92 Å². The quantitative estimate of drug-likeness (QED) is 0.240. The maximum atomic E-state index is 14.5. The summed E-state index contributed by atoms with van der Waals surface area (Å²) in [6.45, 7) is 6.71. The molecule has 8 nitrogen and oxygen atoms in total. The summed E-state index contributed by atoms with van der Waals surface area (Å²) >= 11 is 0. The van der Waals surface area contributed by atoms with Crippen LogP contribution in [0.15, 0.2) is 70.9 Å². The molecule has 0 bridgehead atoms. The van der Waals surface area contributed by atoms with Crippen LogP contribution in [0, 0.1) is 5.82 Å². The van der Waals surface area contributed by atoms with Crippen LogP contribution in [-0.4, -0.2) is 65.2 Å². The van der Waals surface area contributed by atoms with Crippen LogP contribution in [0.25, 0.3) is 50.1 Å². The Balaban J connectivity index is 1.56. The van der Waals surface area contributed by atoms with Gasteiger partial charge in [-0.25, -0.2) is 4.39 Å². The maximum Gasteiger partial charge on any atom is 0.127 e. The Morgan fingerprint density at radius 2 is 1.92 bits per heavy atom. The van der Waals surface area contributed by atoms with E-state index < -0.39 is 0 Å². The molecule has 0 fully saturated rings. The van der Waals surface area contributed by atoms with E-state index in [0.717, 1.165) is 45.3 Å². The van der Waals surface area contributed by atoms with Crippen molar-refractivity contribution >= 4 is 40.4 Å². The van der Waals surface area contributed by atoms with Crippen molar-refractivity contribution in [2.75, 3.05) is 27.2 Å². The number of hydrogen-bond donors (Lipinski definition) is 2. The lowest BCUT2D eigenvalue weighted by Crippen LogP contribution is -2.19. The van der Waals surface area contributed by atoms with Crippen LogP contribution in [-0.2, 0) is 0 Å². The lowest BCUT2D eigenvalue weighted by atomic mass is 10.1. The molecule has 0 saturated carbocycles. The molecule has 0 aliphatic carbocycles. The summed E-state index contributed by atoms with van der Waals surface area (Å²) in [4.78, 5) is 18.3. The highest BCUT2D eigenvalue weighted by atomic mass is 19.1. The summed E-state index contributed by atoms with van der Waals surface area (Å²) in [5, 5.41) is 9.44. The lowest BCUT2D eigenvalue weighted by molar-refractivity contribution is 0.260. The fourth-order valence-corrected chi connectivity index (χ4v) is 4.27. The molecule has 0 unspecified atom stereocenters. The standard InChI is InChI=1S/C29H28FN7O/c1-5-32-17-27(31-2)18-6-7-25-22(14-18)29(36-35-25)26-16-23-24(34-26)8-9-33-28(23)19-12-20(30)15-21(13-19)38-11-10-37(3)4/h5-9,12-17,34H,2,10-11H2,1,3-4H3,(H,35,36)/b27-17-,32-5?. The number of fused-ring (bicyclic) bond motifs is 2. The molecular formula is C29H28FN7O.